The van der Waals surface area contributed by atoms with E-state index in [0.29, 0.717) is 5.69 Å². The highest BCUT2D eigenvalue weighted by molar-refractivity contribution is 5.62. The van der Waals surface area contributed by atoms with Crippen LogP contribution in [0.1, 0.15) is 16.8 Å². The molecule has 0 amide bonds. The summed E-state index contributed by atoms with van der Waals surface area (Å²) in [6.07, 6.45) is -4.58. The van der Waals surface area contributed by atoms with Crippen LogP contribution in [0.2, 0.25) is 0 Å². The van der Waals surface area contributed by atoms with Crippen molar-refractivity contribution in [2.45, 2.75) is 20.0 Å². The lowest BCUT2D eigenvalue weighted by atomic mass is 10.1. The summed E-state index contributed by atoms with van der Waals surface area (Å²) in [5.74, 6) is 4.81. The Kier molecular flexibility index (Phi) is 3.99. The predicted octanol–water partition coefficient (Wildman–Crippen LogP) is 3.14. The molecule has 0 fully saturated rings. The Bertz CT molecular complexity index is 655. The van der Waals surface area contributed by atoms with Crippen molar-refractivity contribution in [3.63, 3.8) is 0 Å². The molecule has 2 rings (SSSR count). The van der Waals surface area contributed by atoms with Crippen molar-refractivity contribution in [3.8, 4) is 0 Å². The van der Waals surface area contributed by atoms with Crippen molar-refractivity contribution in [1.82, 2.24) is 9.97 Å². The molecule has 0 spiro atoms. The minimum atomic E-state index is -4.58. The molecule has 5 nitrogen and oxygen atoms in total. The van der Waals surface area contributed by atoms with Gasteiger partial charge in [-0.15, -0.1) is 0 Å². The number of nitrogen functional groups attached to an aromatic ring is 1. The van der Waals surface area contributed by atoms with Gasteiger partial charge in [0.15, 0.2) is 5.69 Å². The zero-order valence-corrected chi connectivity index (χ0v) is 11.4. The highest BCUT2D eigenvalue weighted by Crippen LogP contribution is 2.30. The average Bonchev–Trinajstić information content (AvgIpc) is 2.40. The summed E-state index contributed by atoms with van der Waals surface area (Å²) in [5, 5.41) is 2.84. The van der Waals surface area contributed by atoms with Crippen LogP contribution in [-0.2, 0) is 6.18 Å². The number of alkyl halides is 3. The van der Waals surface area contributed by atoms with Gasteiger partial charge in [-0.25, -0.2) is 10.8 Å². The number of hydrogen-bond acceptors (Lipinski definition) is 5. The molecule has 2 aromatic rings. The molecule has 0 aliphatic carbocycles. The second-order valence-electron chi connectivity index (χ2n) is 4.55. The predicted molar refractivity (Wildman–Crippen MR) is 74.0 cm³/mol. The molecule has 0 radical (unpaired) electrons. The van der Waals surface area contributed by atoms with Gasteiger partial charge in [-0.1, -0.05) is 17.7 Å². The first-order valence-corrected chi connectivity index (χ1v) is 6.07. The van der Waals surface area contributed by atoms with Gasteiger partial charge >= 0.3 is 6.18 Å². The lowest BCUT2D eigenvalue weighted by molar-refractivity contribution is -0.141. The Labute approximate surface area is 119 Å². The van der Waals surface area contributed by atoms with E-state index in [4.69, 9.17) is 5.84 Å². The molecule has 1 aromatic carbocycles. The Morgan fingerprint density at radius 1 is 1.10 bits per heavy atom. The van der Waals surface area contributed by atoms with E-state index in [-0.39, 0.29) is 11.8 Å². The van der Waals surface area contributed by atoms with Crippen molar-refractivity contribution in [3.05, 3.63) is 41.1 Å². The van der Waals surface area contributed by atoms with Gasteiger partial charge < -0.3 is 5.32 Å². The highest BCUT2D eigenvalue weighted by Gasteiger charge is 2.33. The molecule has 8 heteroatoms. The fraction of sp³-hybridized carbons (Fsp3) is 0.231. The molecule has 0 bridgehead atoms. The molecule has 0 unspecified atom stereocenters. The van der Waals surface area contributed by atoms with Gasteiger partial charge in [0, 0.05) is 11.8 Å². The highest BCUT2D eigenvalue weighted by atomic mass is 19.4. The fourth-order valence-electron chi connectivity index (χ4n) is 1.81. The molecular weight excluding hydrogens is 283 g/mol. The molecule has 0 saturated heterocycles. The van der Waals surface area contributed by atoms with Crippen molar-refractivity contribution in [1.29, 1.82) is 0 Å². The number of rotatable bonds is 3. The number of anilines is 3. The number of aromatic nitrogens is 2. The van der Waals surface area contributed by atoms with Crippen LogP contribution < -0.4 is 16.6 Å². The smallest absolute Gasteiger partial charge is 0.340 e. The third-order valence-electron chi connectivity index (χ3n) is 2.79. The summed E-state index contributed by atoms with van der Waals surface area (Å²) in [7, 11) is 0. The van der Waals surface area contributed by atoms with Crippen molar-refractivity contribution >= 4 is 17.5 Å². The Hall–Kier alpha value is -2.35. The largest absolute Gasteiger partial charge is 0.433 e. The molecule has 0 saturated carbocycles. The van der Waals surface area contributed by atoms with Gasteiger partial charge in [-0.3, -0.25) is 5.43 Å². The monoisotopic (exact) mass is 297 g/mol. The maximum atomic E-state index is 12.8. The minimum absolute atomic E-state index is 0.0113. The zero-order chi connectivity index (χ0) is 15.6. The van der Waals surface area contributed by atoms with E-state index >= 15 is 0 Å². The number of nitrogens with two attached hydrogens (primary N) is 1. The summed E-state index contributed by atoms with van der Waals surface area (Å²) >= 11 is 0. The SMILES string of the molecule is Cc1ccc(Nc2cc(C(F)(F)F)nc(NN)n2)c(C)c1. The van der Waals surface area contributed by atoms with Crippen LogP contribution in [0.3, 0.4) is 0 Å². The quantitative estimate of drug-likeness (QED) is 0.599. The topological polar surface area (TPSA) is 75.9 Å². The van der Waals surface area contributed by atoms with E-state index in [1.165, 1.54) is 0 Å². The molecule has 0 atom stereocenters. The van der Waals surface area contributed by atoms with Gasteiger partial charge in [-0.2, -0.15) is 18.2 Å². The van der Waals surface area contributed by atoms with Crippen LogP contribution in [0.25, 0.3) is 0 Å². The number of benzene rings is 1. The number of nitrogens with zero attached hydrogens (tertiary/aromatic N) is 2. The first-order chi connectivity index (χ1) is 9.79. The van der Waals surface area contributed by atoms with Crippen LogP contribution in [0, 0.1) is 13.8 Å². The fourth-order valence-corrected chi connectivity index (χ4v) is 1.81. The van der Waals surface area contributed by atoms with Gasteiger partial charge in [0.25, 0.3) is 0 Å². The van der Waals surface area contributed by atoms with E-state index in [1.54, 1.807) is 6.07 Å². The lowest BCUT2D eigenvalue weighted by Gasteiger charge is -2.13. The Morgan fingerprint density at radius 2 is 1.81 bits per heavy atom. The van der Waals surface area contributed by atoms with E-state index in [2.05, 4.69) is 15.3 Å². The number of aryl methyl sites for hydroxylation is 2. The van der Waals surface area contributed by atoms with Crippen LogP contribution in [-0.4, -0.2) is 9.97 Å². The van der Waals surface area contributed by atoms with E-state index in [1.807, 2.05) is 31.4 Å². The number of halogens is 3. The summed E-state index contributed by atoms with van der Waals surface area (Å²) in [5.41, 5.74) is 3.57. The summed E-state index contributed by atoms with van der Waals surface area (Å²) in [4.78, 5) is 7.15. The van der Waals surface area contributed by atoms with Crippen molar-refractivity contribution in [2.75, 3.05) is 10.7 Å². The van der Waals surface area contributed by atoms with E-state index < -0.39 is 11.9 Å². The lowest BCUT2D eigenvalue weighted by Crippen LogP contribution is -2.16. The van der Waals surface area contributed by atoms with Crippen LogP contribution >= 0.6 is 0 Å². The summed E-state index contributed by atoms with van der Waals surface area (Å²) < 4.78 is 38.3. The van der Waals surface area contributed by atoms with Gasteiger partial charge in [0.1, 0.15) is 5.82 Å². The second kappa shape index (κ2) is 5.57. The molecule has 1 aromatic heterocycles. The molecular formula is C13H14F3N5. The van der Waals surface area contributed by atoms with Gasteiger partial charge in [0.2, 0.25) is 5.95 Å². The van der Waals surface area contributed by atoms with Crippen molar-refractivity contribution in [2.24, 2.45) is 5.84 Å². The standard InChI is InChI=1S/C13H14F3N5/c1-7-3-4-9(8(2)5-7)18-11-6-10(13(14,15)16)19-12(20-11)21-17/h3-6H,17H2,1-2H3,(H2,18,19,20,21). The summed E-state index contributed by atoms with van der Waals surface area (Å²) in [6.45, 7) is 3.78. The third-order valence-corrected chi connectivity index (χ3v) is 2.79. The maximum absolute atomic E-state index is 12.8. The maximum Gasteiger partial charge on any atom is 0.433 e. The minimum Gasteiger partial charge on any atom is -0.340 e. The Morgan fingerprint density at radius 3 is 2.38 bits per heavy atom. The first kappa shape index (κ1) is 15.0. The third kappa shape index (κ3) is 3.60. The van der Waals surface area contributed by atoms with E-state index in [0.717, 1.165) is 17.2 Å². The summed E-state index contributed by atoms with van der Waals surface area (Å²) in [6, 6.07) is 6.37. The number of hydrogen-bond donors (Lipinski definition) is 3. The molecule has 0 aliphatic rings. The Balaban J connectivity index is 2.39. The molecule has 112 valence electrons. The molecule has 21 heavy (non-hydrogen) atoms. The average molecular weight is 297 g/mol. The van der Waals surface area contributed by atoms with Gasteiger partial charge in [0.05, 0.1) is 0 Å². The second-order valence-corrected chi connectivity index (χ2v) is 4.55. The van der Waals surface area contributed by atoms with Gasteiger partial charge in [-0.05, 0) is 25.5 Å². The normalized spacial score (nSPS) is 11.3. The van der Waals surface area contributed by atoms with Crippen molar-refractivity contribution < 1.29 is 13.2 Å². The number of nitrogens with one attached hydrogen (secondary N) is 2. The zero-order valence-electron chi connectivity index (χ0n) is 11.4. The van der Waals surface area contributed by atoms with Crippen LogP contribution in [0.15, 0.2) is 24.3 Å². The van der Waals surface area contributed by atoms with E-state index in [9.17, 15) is 13.2 Å². The number of hydrazine groups is 1. The molecule has 0 aliphatic heterocycles. The molecule has 1 heterocycles. The molecule has 4 N–H and O–H groups in total. The van der Waals surface area contributed by atoms with Crippen LogP contribution in [0.4, 0.5) is 30.6 Å². The first-order valence-electron chi connectivity index (χ1n) is 6.07. The van der Waals surface area contributed by atoms with Crippen LogP contribution in [0.5, 0.6) is 0 Å².